The molecule has 2 fully saturated rings. The Kier molecular flexibility index (Phi) is 11.9. The first-order valence-corrected chi connectivity index (χ1v) is 9.27. The Hall–Kier alpha value is -0.810. The number of ether oxygens (including phenoxy) is 3. The topological polar surface area (TPSA) is 75.6 Å². The number of guanidine groups is 1. The maximum atomic E-state index is 11.7. The fraction of sp³-hybridized carbons (Fsp3) is 0.882. The van der Waals surface area contributed by atoms with Gasteiger partial charge in [0, 0.05) is 58.9 Å². The van der Waals surface area contributed by atoms with E-state index in [2.05, 4.69) is 15.2 Å². The van der Waals surface area contributed by atoms with Gasteiger partial charge in [-0.3, -0.25) is 4.99 Å². The zero-order chi connectivity index (χ0) is 17.9. The summed E-state index contributed by atoms with van der Waals surface area (Å²) in [4.78, 5) is 20.0. The molecule has 0 aliphatic carbocycles. The molecule has 0 aromatic rings. The summed E-state index contributed by atoms with van der Waals surface area (Å²) in [5, 5.41) is 3.37. The van der Waals surface area contributed by atoms with Gasteiger partial charge in [0.05, 0.1) is 19.8 Å². The lowest BCUT2D eigenvalue weighted by molar-refractivity contribution is 0.0877. The molecule has 152 valence electrons. The summed E-state index contributed by atoms with van der Waals surface area (Å²) < 4.78 is 16.1. The molecule has 0 aromatic carbocycles. The van der Waals surface area contributed by atoms with Gasteiger partial charge in [-0.2, -0.15) is 0 Å². The highest BCUT2D eigenvalue weighted by molar-refractivity contribution is 14.0. The summed E-state index contributed by atoms with van der Waals surface area (Å²) in [6.07, 6.45) is 1.83. The number of nitrogens with zero attached hydrogens (tertiary/aromatic N) is 3. The number of hydrogen-bond donors (Lipinski definition) is 1. The maximum absolute atomic E-state index is 11.7. The average Bonchev–Trinajstić information content (AvgIpc) is 3.15. The van der Waals surface area contributed by atoms with Gasteiger partial charge in [0.15, 0.2) is 5.96 Å². The summed E-state index contributed by atoms with van der Waals surface area (Å²) in [5.41, 5.74) is 0. The van der Waals surface area contributed by atoms with E-state index in [1.54, 1.807) is 11.9 Å². The number of halogens is 1. The standard InChI is InChI=1S/C17H32N4O4.HI/c1-3-25-17(22)21-9-7-20(8-10-21)16(18-2)19-6-4-11-23-13-15-5-12-24-14-15;/h15H,3-14H2,1-2H3,(H,18,19);1H. The Morgan fingerprint density at radius 3 is 2.62 bits per heavy atom. The molecule has 0 aromatic heterocycles. The van der Waals surface area contributed by atoms with Crippen molar-refractivity contribution in [3.8, 4) is 0 Å². The van der Waals surface area contributed by atoms with Gasteiger partial charge in [-0.25, -0.2) is 4.79 Å². The molecule has 2 saturated heterocycles. The van der Waals surface area contributed by atoms with E-state index in [9.17, 15) is 4.79 Å². The minimum atomic E-state index is -0.227. The van der Waals surface area contributed by atoms with Crippen molar-refractivity contribution in [3.63, 3.8) is 0 Å². The van der Waals surface area contributed by atoms with Crippen molar-refractivity contribution in [2.75, 3.05) is 72.8 Å². The third-order valence-electron chi connectivity index (χ3n) is 4.44. The summed E-state index contributed by atoms with van der Waals surface area (Å²) in [6.45, 7) is 9.15. The van der Waals surface area contributed by atoms with Crippen molar-refractivity contribution in [2.45, 2.75) is 19.8 Å². The Morgan fingerprint density at radius 1 is 1.27 bits per heavy atom. The number of carbonyl (C=O) groups excluding carboxylic acids is 1. The third kappa shape index (κ3) is 7.83. The highest BCUT2D eigenvalue weighted by Crippen LogP contribution is 2.12. The van der Waals surface area contributed by atoms with Gasteiger partial charge in [0.1, 0.15) is 0 Å². The van der Waals surface area contributed by atoms with E-state index in [-0.39, 0.29) is 30.1 Å². The molecule has 9 heteroatoms. The molecule has 2 aliphatic rings. The molecule has 0 bridgehead atoms. The van der Waals surface area contributed by atoms with Crippen molar-refractivity contribution in [3.05, 3.63) is 0 Å². The van der Waals surface area contributed by atoms with Gasteiger partial charge in [0.25, 0.3) is 0 Å². The lowest BCUT2D eigenvalue weighted by atomic mass is 10.1. The Morgan fingerprint density at radius 2 is 2.00 bits per heavy atom. The van der Waals surface area contributed by atoms with Crippen LogP contribution in [0.3, 0.4) is 0 Å². The smallest absolute Gasteiger partial charge is 0.409 e. The van der Waals surface area contributed by atoms with E-state index >= 15 is 0 Å². The SMILES string of the molecule is CCOC(=O)N1CCN(C(=NC)NCCCOCC2CCOC2)CC1.I. The van der Waals surface area contributed by atoms with Crippen LogP contribution in [0.2, 0.25) is 0 Å². The highest BCUT2D eigenvalue weighted by atomic mass is 127. The third-order valence-corrected chi connectivity index (χ3v) is 4.44. The van der Waals surface area contributed by atoms with Crippen LogP contribution in [0.25, 0.3) is 0 Å². The number of carbonyl (C=O) groups is 1. The molecule has 1 unspecified atom stereocenters. The fourth-order valence-corrected chi connectivity index (χ4v) is 2.99. The Labute approximate surface area is 173 Å². The van der Waals surface area contributed by atoms with E-state index in [0.29, 0.717) is 25.6 Å². The second-order valence-electron chi connectivity index (χ2n) is 6.31. The number of hydrogen-bond acceptors (Lipinski definition) is 5. The number of amides is 1. The largest absolute Gasteiger partial charge is 0.450 e. The minimum Gasteiger partial charge on any atom is -0.450 e. The highest BCUT2D eigenvalue weighted by Gasteiger charge is 2.23. The van der Waals surface area contributed by atoms with Crippen LogP contribution in [-0.4, -0.2) is 94.7 Å². The minimum absolute atomic E-state index is 0. The van der Waals surface area contributed by atoms with Crippen LogP contribution in [0.4, 0.5) is 4.79 Å². The predicted molar refractivity (Wildman–Crippen MR) is 111 cm³/mol. The Bertz CT molecular complexity index is 425. The van der Waals surface area contributed by atoms with Crippen molar-refractivity contribution >= 4 is 36.0 Å². The molecule has 1 N–H and O–H groups in total. The molecule has 0 radical (unpaired) electrons. The first kappa shape index (κ1) is 23.2. The first-order valence-electron chi connectivity index (χ1n) is 9.27. The van der Waals surface area contributed by atoms with Crippen LogP contribution in [0.1, 0.15) is 19.8 Å². The molecule has 2 rings (SSSR count). The van der Waals surface area contributed by atoms with Crippen LogP contribution in [0.15, 0.2) is 4.99 Å². The van der Waals surface area contributed by atoms with Gasteiger partial charge < -0.3 is 29.3 Å². The van der Waals surface area contributed by atoms with Gasteiger partial charge in [-0.05, 0) is 19.8 Å². The lowest BCUT2D eigenvalue weighted by Crippen LogP contribution is -2.54. The predicted octanol–water partition coefficient (Wildman–Crippen LogP) is 1.40. The molecule has 2 aliphatic heterocycles. The normalized spacial score (nSPS) is 20.7. The molecule has 1 atom stereocenters. The number of aliphatic imine (C=N–C) groups is 1. The van der Waals surface area contributed by atoms with Crippen LogP contribution in [0.5, 0.6) is 0 Å². The van der Waals surface area contributed by atoms with Crippen molar-refractivity contribution < 1.29 is 19.0 Å². The number of nitrogens with one attached hydrogen (secondary N) is 1. The second-order valence-corrected chi connectivity index (χ2v) is 6.31. The zero-order valence-electron chi connectivity index (χ0n) is 15.9. The number of rotatable bonds is 7. The average molecular weight is 484 g/mol. The first-order chi connectivity index (χ1) is 12.2. The van der Waals surface area contributed by atoms with E-state index in [0.717, 1.165) is 64.9 Å². The second kappa shape index (κ2) is 13.4. The van der Waals surface area contributed by atoms with E-state index in [4.69, 9.17) is 14.2 Å². The molecule has 0 spiro atoms. The molecular weight excluding hydrogens is 451 g/mol. The maximum Gasteiger partial charge on any atom is 0.409 e. The molecule has 8 nitrogen and oxygen atoms in total. The van der Waals surface area contributed by atoms with Crippen molar-refractivity contribution in [1.29, 1.82) is 0 Å². The number of piperazine rings is 1. The summed E-state index contributed by atoms with van der Waals surface area (Å²) in [5.74, 6) is 1.45. The van der Waals surface area contributed by atoms with Gasteiger partial charge in [-0.1, -0.05) is 0 Å². The lowest BCUT2D eigenvalue weighted by Gasteiger charge is -2.35. The van der Waals surface area contributed by atoms with Gasteiger partial charge in [0.2, 0.25) is 0 Å². The van der Waals surface area contributed by atoms with Gasteiger partial charge in [-0.15, -0.1) is 24.0 Å². The molecule has 0 saturated carbocycles. The van der Waals surface area contributed by atoms with Crippen LogP contribution >= 0.6 is 24.0 Å². The molecule has 1 amide bonds. The van der Waals surface area contributed by atoms with Crippen LogP contribution in [0, 0.1) is 5.92 Å². The zero-order valence-corrected chi connectivity index (χ0v) is 18.3. The van der Waals surface area contributed by atoms with Crippen molar-refractivity contribution in [2.24, 2.45) is 10.9 Å². The van der Waals surface area contributed by atoms with E-state index in [1.165, 1.54) is 0 Å². The van der Waals surface area contributed by atoms with Gasteiger partial charge >= 0.3 is 6.09 Å². The summed E-state index contributed by atoms with van der Waals surface area (Å²) in [7, 11) is 1.79. The molecule has 26 heavy (non-hydrogen) atoms. The summed E-state index contributed by atoms with van der Waals surface area (Å²) >= 11 is 0. The van der Waals surface area contributed by atoms with Crippen LogP contribution < -0.4 is 5.32 Å². The van der Waals surface area contributed by atoms with E-state index < -0.39 is 0 Å². The Balaban J connectivity index is 0.00000338. The van der Waals surface area contributed by atoms with Crippen molar-refractivity contribution in [1.82, 2.24) is 15.1 Å². The fourth-order valence-electron chi connectivity index (χ4n) is 2.99. The van der Waals surface area contributed by atoms with E-state index in [1.807, 2.05) is 6.92 Å². The molecule has 2 heterocycles. The summed E-state index contributed by atoms with van der Waals surface area (Å²) in [6, 6.07) is 0. The quantitative estimate of drug-likeness (QED) is 0.255. The van der Waals surface area contributed by atoms with Crippen LogP contribution in [-0.2, 0) is 14.2 Å². The monoisotopic (exact) mass is 484 g/mol. The molecular formula is C17H33IN4O4.